The molecule has 0 aromatic heterocycles. The fourth-order valence-electron chi connectivity index (χ4n) is 8.79. The van der Waals surface area contributed by atoms with Crippen molar-refractivity contribution in [1.82, 2.24) is 4.90 Å². The largest absolute Gasteiger partial charge is 0.393 e. The lowest BCUT2D eigenvalue weighted by molar-refractivity contribution is -0.207. The standard InChI is InChI=1S/C25H45NO3/c1-15(9-11-26(4)5)18-6-7-19-23-20(14-22(29)25(18,19)3)24(2)10-8-17(27)12-16(24)13-21(23)28/h15-23,27-29H,6-14H2,1-5H3/t15-,16-,17+,18+,19-,20-,21-,22-,23-,24+,25-/m1/s1. The minimum absolute atomic E-state index is 0.0642. The third-order valence-electron chi connectivity index (χ3n) is 10.6. The van der Waals surface area contributed by atoms with Crippen LogP contribution in [-0.2, 0) is 0 Å². The molecule has 4 saturated carbocycles. The number of nitrogens with zero attached hydrogens (tertiary/aromatic N) is 1. The minimum Gasteiger partial charge on any atom is -0.393 e. The van der Waals surface area contributed by atoms with Gasteiger partial charge in [-0.1, -0.05) is 20.8 Å². The lowest BCUT2D eigenvalue weighted by atomic mass is 9.43. The van der Waals surface area contributed by atoms with E-state index in [9.17, 15) is 15.3 Å². The van der Waals surface area contributed by atoms with E-state index < -0.39 is 0 Å². The van der Waals surface area contributed by atoms with Crippen LogP contribution in [0.25, 0.3) is 0 Å². The molecule has 4 fully saturated rings. The van der Waals surface area contributed by atoms with Gasteiger partial charge in [0.05, 0.1) is 18.3 Å². The molecule has 4 aliphatic carbocycles. The maximum absolute atomic E-state index is 11.6. The summed E-state index contributed by atoms with van der Waals surface area (Å²) in [5.74, 6) is 2.71. The number of rotatable bonds is 4. The molecule has 0 heterocycles. The minimum atomic E-state index is -0.268. The average Bonchev–Trinajstić information content (AvgIpc) is 3.01. The molecule has 4 rings (SSSR count). The van der Waals surface area contributed by atoms with E-state index >= 15 is 0 Å². The molecule has 0 bridgehead atoms. The van der Waals surface area contributed by atoms with E-state index in [1.54, 1.807) is 0 Å². The van der Waals surface area contributed by atoms with Gasteiger partial charge in [0.2, 0.25) is 0 Å². The van der Waals surface area contributed by atoms with Gasteiger partial charge in [-0.3, -0.25) is 0 Å². The van der Waals surface area contributed by atoms with E-state index in [1.807, 2.05) is 0 Å². The van der Waals surface area contributed by atoms with Gasteiger partial charge >= 0.3 is 0 Å². The first-order chi connectivity index (χ1) is 13.6. The number of fused-ring (bicyclic) bond motifs is 5. The summed E-state index contributed by atoms with van der Waals surface area (Å²) in [6, 6.07) is 0. The summed E-state index contributed by atoms with van der Waals surface area (Å²) in [5.41, 5.74) is 0.102. The van der Waals surface area contributed by atoms with Gasteiger partial charge in [0.25, 0.3) is 0 Å². The second kappa shape index (κ2) is 7.76. The summed E-state index contributed by atoms with van der Waals surface area (Å²) in [6.45, 7) is 8.26. The van der Waals surface area contributed by atoms with Crippen molar-refractivity contribution in [1.29, 1.82) is 0 Å². The predicted molar refractivity (Wildman–Crippen MR) is 116 cm³/mol. The van der Waals surface area contributed by atoms with Crippen LogP contribution in [0.1, 0.15) is 72.1 Å². The van der Waals surface area contributed by atoms with Crippen LogP contribution >= 0.6 is 0 Å². The summed E-state index contributed by atoms with van der Waals surface area (Å²) in [6.07, 6.45) is 7.25. The normalized spacial score (nSPS) is 53.3. The highest BCUT2D eigenvalue weighted by Crippen LogP contribution is 2.68. The van der Waals surface area contributed by atoms with Crippen molar-refractivity contribution >= 4 is 0 Å². The Morgan fingerprint density at radius 1 is 0.966 bits per heavy atom. The van der Waals surface area contributed by atoms with Crippen LogP contribution in [0.2, 0.25) is 0 Å². The highest BCUT2D eigenvalue weighted by atomic mass is 16.3. The third kappa shape index (κ3) is 3.41. The molecule has 0 spiro atoms. The Labute approximate surface area is 178 Å². The molecule has 3 N–H and O–H groups in total. The molecular weight excluding hydrogens is 362 g/mol. The number of hydrogen-bond donors (Lipinski definition) is 3. The van der Waals surface area contributed by atoms with E-state index in [4.69, 9.17) is 0 Å². The fraction of sp³-hybridized carbons (Fsp3) is 1.00. The number of aliphatic hydroxyl groups is 3. The monoisotopic (exact) mass is 407 g/mol. The number of hydrogen-bond acceptors (Lipinski definition) is 4. The van der Waals surface area contributed by atoms with Gasteiger partial charge in [-0.25, -0.2) is 0 Å². The quantitative estimate of drug-likeness (QED) is 0.667. The van der Waals surface area contributed by atoms with Crippen molar-refractivity contribution < 1.29 is 15.3 Å². The van der Waals surface area contributed by atoms with Crippen molar-refractivity contribution in [3.05, 3.63) is 0 Å². The topological polar surface area (TPSA) is 63.9 Å². The highest BCUT2D eigenvalue weighted by molar-refractivity contribution is 5.14. The highest BCUT2D eigenvalue weighted by Gasteiger charge is 2.65. The van der Waals surface area contributed by atoms with E-state index in [-0.39, 0.29) is 29.1 Å². The molecule has 29 heavy (non-hydrogen) atoms. The summed E-state index contributed by atoms with van der Waals surface area (Å²) in [4.78, 5) is 2.27. The Balaban J connectivity index is 1.60. The van der Waals surface area contributed by atoms with Crippen LogP contribution in [0.3, 0.4) is 0 Å². The number of aliphatic hydroxyl groups excluding tert-OH is 3. The average molecular weight is 408 g/mol. The van der Waals surface area contributed by atoms with E-state index in [0.717, 1.165) is 45.1 Å². The first kappa shape index (κ1) is 22.0. The summed E-state index contributed by atoms with van der Waals surface area (Å²) >= 11 is 0. The van der Waals surface area contributed by atoms with E-state index in [2.05, 4.69) is 39.8 Å². The van der Waals surface area contributed by atoms with Gasteiger partial charge in [0.1, 0.15) is 0 Å². The lowest BCUT2D eigenvalue weighted by Gasteiger charge is -2.63. The van der Waals surface area contributed by atoms with Gasteiger partial charge in [-0.2, -0.15) is 0 Å². The van der Waals surface area contributed by atoms with Gasteiger partial charge in [-0.15, -0.1) is 0 Å². The molecule has 0 amide bonds. The van der Waals surface area contributed by atoms with Gasteiger partial charge in [0.15, 0.2) is 0 Å². The fourth-order valence-corrected chi connectivity index (χ4v) is 8.79. The van der Waals surface area contributed by atoms with Crippen molar-refractivity contribution in [3.63, 3.8) is 0 Å². The molecule has 0 unspecified atom stereocenters. The zero-order valence-corrected chi connectivity index (χ0v) is 19.3. The SMILES string of the molecule is C[C@H](CCN(C)C)[C@@H]1CC[C@@H]2[C@H]3[C@H](O)C[C@H]4C[C@@H](O)CC[C@]4(C)[C@@H]3C[C@@H](O)[C@@]21C. The van der Waals surface area contributed by atoms with Crippen LogP contribution in [0.4, 0.5) is 0 Å². The zero-order chi connectivity index (χ0) is 21.1. The van der Waals surface area contributed by atoms with Crippen molar-refractivity contribution in [2.75, 3.05) is 20.6 Å². The molecule has 0 aromatic carbocycles. The Morgan fingerprint density at radius 2 is 1.69 bits per heavy atom. The molecule has 0 radical (unpaired) electrons. The van der Waals surface area contributed by atoms with E-state index in [1.165, 1.54) is 12.8 Å². The van der Waals surface area contributed by atoms with Gasteiger partial charge in [0, 0.05) is 0 Å². The second-order valence-corrected chi connectivity index (χ2v) is 12.1. The molecule has 168 valence electrons. The van der Waals surface area contributed by atoms with Crippen molar-refractivity contribution in [2.24, 2.45) is 46.3 Å². The molecule has 0 aromatic rings. The molecule has 4 heteroatoms. The molecule has 11 atom stereocenters. The molecule has 0 aliphatic heterocycles. The van der Waals surface area contributed by atoms with Gasteiger partial charge in [-0.05, 0) is 118 Å². The Kier molecular flexibility index (Phi) is 5.90. The van der Waals surface area contributed by atoms with Crippen molar-refractivity contribution in [3.8, 4) is 0 Å². The van der Waals surface area contributed by atoms with Crippen LogP contribution in [0, 0.1) is 46.3 Å². The zero-order valence-electron chi connectivity index (χ0n) is 19.3. The van der Waals surface area contributed by atoms with Gasteiger partial charge < -0.3 is 20.2 Å². The van der Waals surface area contributed by atoms with Crippen LogP contribution in [0.5, 0.6) is 0 Å². The molecule has 0 saturated heterocycles. The molecule has 4 nitrogen and oxygen atoms in total. The van der Waals surface area contributed by atoms with Crippen LogP contribution < -0.4 is 0 Å². The maximum Gasteiger partial charge on any atom is 0.0602 e. The maximum atomic E-state index is 11.6. The predicted octanol–water partition coefficient (Wildman–Crippen LogP) is 3.54. The third-order valence-corrected chi connectivity index (χ3v) is 10.6. The first-order valence-electron chi connectivity index (χ1n) is 12.3. The van der Waals surface area contributed by atoms with E-state index in [0.29, 0.717) is 35.5 Å². The summed E-state index contributed by atoms with van der Waals surface area (Å²) < 4.78 is 0. The summed E-state index contributed by atoms with van der Waals surface area (Å²) in [5, 5.41) is 33.1. The van der Waals surface area contributed by atoms with Crippen LogP contribution in [-0.4, -0.2) is 59.2 Å². The lowest BCUT2D eigenvalue weighted by Crippen LogP contribution is -2.62. The Morgan fingerprint density at radius 3 is 2.38 bits per heavy atom. The molecular formula is C25H45NO3. The van der Waals surface area contributed by atoms with Crippen molar-refractivity contribution in [2.45, 2.75) is 90.4 Å². The van der Waals surface area contributed by atoms with Crippen LogP contribution in [0.15, 0.2) is 0 Å². The first-order valence-corrected chi connectivity index (χ1v) is 12.3. The molecule has 4 aliphatic rings. The smallest absolute Gasteiger partial charge is 0.0602 e. The second-order valence-electron chi connectivity index (χ2n) is 12.1. The summed E-state index contributed by atoms with van der Waals surface area (Å²) in [7, 11) is 4.28. The Hall–Kier alpha value is -0.160. The Bertz CT molecular complexity index is 597.